The number of rotatable bonds is 4. The minimum Gasteiger partial charge on any atom is -0.339 e. The zero-order valence-electron chi connectivity index (χ0n) is 12.3. The van der Waals surface area contributed by atoms with Crippen molar-refractivity contribution in [2.24, 2.45) is 5.92 Å². The van der Waals surface area contributed by atoms with Crippen molar-refractivity contribution in [3.05, 3.63) is 35.9 Å². The van der Waals surface area contributed by atoms with Crippen LogP contribution < -0.4 is 0 Å². The highest BCUT2D eigenvalue weighted by Gasteiger charge is 2.27. The fourth-order valence-electron chi connectivity index (χ4n) is 2.59. The van der Waals surface area contributed by atoms with Crippen LogP contribution in [0.25, 0.3) is 0 Å². The van der Waals surface area contributed by atoms with Crippen molar-refractivity contribution in [2.75, 3.05) is 32.7 Å². The molecule has 1 aromatic carbocycles. The molecule has 20 heavy (non-hydrogen) atoms. The third-order valence-electron chi connectivity index (χ3n) is 3.62. The molecule has 1 unspecified atom stereocenters. The molecule has 0 spiro atoms. The number of hydrogen-bond acceptors (Lipinski definition) is 2. The summed E-state index contributed by atoms with van der Waals surface area (Å²) in [7, 11) is 0. The summed E-state index contributed by atoms with van der Waals surface area (Å²) in [5, 5.41) is -0.562. The Bertz CT molecular complexity index is 427. The summed E-state index contributed by atoms with van der Waals surface area (Å²) < 4.78 is 0. The monoisotopic (exact) mass is 294 g/mol. The van der Waals surface area contributed by atoms with E-state index in [0.717, 1.165) is 38.3 Å². The zero-order valence-corrected chi connectivity index (χ0v) is 13.0. The normalized spacial score (nSPS) is 18.3. The van der Waals surface area contributed by atoms with Crippen LogP contribution in [-0.2, 0) is 4.79 Å². The molecule has 1 heterocycles. The molecule has 0 radical (unpaired) electrons. The van der Waals surface area contributed by atoms with Gasteiger partial charge in [0.2, 0.25) is 5.91 Å². The number of nitrogens with zero attached hydrogens (tertiary/aromatic N) is 2. The van der Waals surface area contributed by atoms with Crippen molar-refractivity contribution in [3.63, 3.8) is 0 Å². The Labute approximate surface area is 126 Å². The Morgan fingerprint density at radius 3 is 2.30 bits per heavy atom. The molecule has 1 saturated heterocycles. The van der Waals surface area contributed by atoms with E-state index in [1.54, 1.807) is 0 Å². The van der Waals surface area contributed by atoms with Crippen LogP contribution in [0.5, 0.6) is 0 Å². The third-order valence-corrected chi connectivity index (χ3v) is 4.06. The highest BCUT2D eigenvalue weighted by atomic mass is 35.5. The smallest absolute Gasteiger partial charge is 0.245 e. The quantitative estimate of drug-likeness (QED) is 0.797. The maximum absolute atomic E-state index is 12.4. The first kappa shape index (κ1) is 15.3. The van der Waals surface area contributed by atoms with Gasteiger partial charge in [-0.25, -0.2) is 0 Å². The molecule has 1 amide bonds. The SMILES string of the molecule is CC(C)CN1CCN(C(=O)C(Cl)c2ccccc2)CC1. The first-order valence-corrected chi connectivity index (χ1v) is 7.71. The van der Waals surface area contributed by atoms with Gasteiger partial charge in [-0.05, 0) is 11.5 Å². The molecule has 3 nitrogen and oxygen atoms in total. The number of hydrogen-bond donors (Lipinski definition) is 0. The Kier molecular flexibility index (Phi) is 5.44. The molecule has 1 aromatic rings. The van der Waals surface area contributed by atoms with Gasteiger partial charge in [0, 0.05) is 32.7 Å². The van der Waals surface area contributed by atoms with E-state index in [0.29, 0.717) is 5.92 Å². The van der Waals surface area contributed by atoms with Crippen molar-refractivity contribution in [1.29, 1.82) is 0 Å². The summed E-state index contributed by atoms with van der Waals surface area (Å²) in [4.78, 5) is 16.7. The highest BCUT2D eigenvalue weighted by Crippen LogP contribution is 2.23. The molecular formula is C16H23ClN2O. The summed E-state index contributed by atoms with van der Waals surface area (Å²) in [5.74, 6) is 0.699. The van der Waals surface area contributed by atoms with Gasteiger partial charge in [0.25, 0.3) is 0 Å². The highest BCUT2D eigenvalue weighted by molar-refractivity contribution is 6.30. The van der Waals surface area contributed by atoms with Gasteiger partial charge < -0.3 is 4.90 Å². The van der Waals surface area contributed by atoms with Crippen LogP contribution in [0, 0.1) is 5.92 Å². The second-order valence-electron chi connectivity index (χ2n) is 5.79. The molecule has 1 fully saturated rings. The average molecular weight is 295 g/mol. The summed E-state index contributed by atoms with van der Waals surface area (Å²) in [6, 6.07) is 9.58. The molecule has 1 aliphatic rings. The van der Waals surface area contributed by atoms with Crippen molar-refractivity contribution >= 4 is 17.5 Å². The molecule has 0 aliphatic carbocycles. The predicted octanol–water partition coefficient (Wildman–Crippen LogP) is 2.77. The number of amides is 1. The number of piperazine rings is 1. The fourth-order valence-corrected chi connectivity index (χ4v) is 2.88. The van der Waals surface area contributed by atoms with E-state index in [9.17, 15) is 4.79 Å². The maximum Gasteiger partial charge on any atom is 0.245 e. The van der Waals surface area contributed by atoms with E-state index in [2.05, 4.69) is 18.7 Å². The van der Waals surface area contributed by atoms with Gasteiger partial charge in [0.05, 0.1) is 0 Å². The minimum absolute atomic E-state index is 0.0297. The van der Waals surface area contributed by atoms with Gasteiger partial charge in [-0.15, -0.1) is 11.6 Å². The Morgan fingerprint density at radius 1 is 1.15 bits per heavy atom. The van der Waals surface area contributed by atoms with Crippen LogP contribution in [0.4, 0.5) is 0 Å². The van der Waals surface area contributed by atoms with Gasteiger partial charge in [0.15, 0.2) is 0 Å². The van der Waals surface area contributed by atoms with Crippen LogP contribution in [0.3, 0.4) is 0 Å². The molecule has 110 valence electrons. The number of carbonyl (C=O) groups excluding carboxylic acids is 1. The lowest BCUT2D eigenvalue weighted by atomic mass is 10.1. The second-order valence-corrected chi connectivity index (χ2v) is 6.23. The predicted molar refractivity (Wildman–Crippen MR) is 82.9 cm³/mol. The van der Waals surface area contributed by atoms with E-state index in [1.807, 2.05) is 35.2 Å². The minimum atomic E-state index is -0.562. The van der Waals surface area contributed by atoms with Crippen LogP contribution in [0.2, 0.25) is 0 Å². The lowest BCUT2D eigenvalue weighted by Gasteiger charge is -2.36. The first-order valence-electron chi connectivity index (χ1n) is 7.28. The summed E-state index contributed by atoms with van der Waals surface area (Å²) in [6.45, 7) is 9.00. The molecule has 0 bridgehead atoms. The lowest BCUT2D eigenvalue weighted by Crippen LogP contribution is -2.50. The van der Waals surface area contributed by atoms with Gasteiger partial charge in [-0.1, -0.05) is 44.2 Å². The Hall–Kier alpha value is -1.06. The van der Waals surface area contributed by atoms with E-state index >= 15 is 0 Å². The molecule has 0 N–H and O–H groups in total. The second kappa shape index (κ2) is 7.09. The van der Waals surface area contributed by atoms with E-state index < -0.39 is 5.38 Å². The van der Waals surface area contributed by atoms with Crippen LogP contribution in [0.15, 0.2) is 30.3 Å². The van der Waals surface area contributed by atoms with Crippen LogP contribution >= 0.6 is 11.6 Å². The molecule has 0 aromatic heterocycles. The van der Waals surface area contributed by atoms with Gasteiger partial charge in [-0.2, -0.15) is 0 Å². The maximum atomic E-state index is 12.4. The fraction of sp³-hybridized carbons (Fsp3) is 0.562. The van der Waals surface area contributed by atoms with Crippen molar-refractivity contribution in [2.45, 2.75) is 19.2 Å². The third kappa shape index (κ3) is 3.97. The number of halogens is 1. The zero-order chi connectivity index (χ0) is 14.5. The van der Waals surface area contributed by atoms with Gasteiger partial charge in [-0.3, -0.25) is 9.69 Å². The number of benzene rings is 1. The van der Waals surface area contributed by atoms with Gasteiger partial charge in [0.1, 0.15) is 5.38 Å². The van der Waals surface area contributed by atoms with Crippen molar-refractivity contribution in [3.8, 4) is 0 Å². The number of carbonyl (C=O) groups is 1. The first-order chi connectivity index (χ1) is 9.58. The number of alkyl halides is 1. The molecular weight excluding hydrogens is 272 g/mol. The van der Waals surface area contributed by atoms with E-state index in [4.69, 9.17) is 11.6 Å². The largest absolute Gasteiger partial charge is 0.339 e. The molecule has 2 rings (SSSR count). The van der Waals surface area contributed by atoms with Crippen LogP contribution in [-0.4, -0.2) is 48.4 Å². The van der Waals surface area contributed by atoms with Crippen molar-refractivity contribution in [1.82, 2.24) is 9.80 Å². The summed E-state index contributed by atoms with van der Waals surface area (Å²) in [6.07, 6.45) is 0. The molecule has 1 aliphatic heterocycles. The van der Waals surface area contributed by atoms with E-state index in [-0.39, 0.29) is 5.91 Å². The summed E-state index contributed by atoms with van der Waals surface area (Å²) in [5.41, 5.74) is 0.878. The standard InChI is InChI=1S/C16H23ClN2O/c1-13(2)12-18-8-10-19(11-9-18)16(20)15(17)14-6-4-3-5-7-14/h3-7,13,15H,8-12H2,1-2H3. The average Bonchev–Trinajstić information content (AvgIpc) is 2.47. The molecule has 1 atom stereocenters. The Balaban J connectivity index is 1.89. The topological polar surface area (TPSA) is 23.6 Å². The van der Waals surface area contributed by atoms with E-state index in [1.165, 1.54) is 0 Å². The molecule has 0 saturated carbocycles. The summed E-state index contributed by atoms with van der Waals surface area (Å²) >= 11 is 6.31. The van der Waals surface area contributed by atoms with Crippen LogP contribution in [0.1, 0.15) is 24.8 Å². The Morgan fingerprint density at radius 2 is 1.75 bits per heavy atom. The lowest BCUT2D eigenvalue weighted by molar-refractivity contribution is -0.132. The van der Waals surface area contributed by atoms with Crippen molar-refractivity contribution < 1.29 is 4.79 Å². The van der Waals surface area contributed by atoms with Gasteiger partial charge >= 0.3 is 0 Å². The molecule has 4 heteroatoms.